The van der Waals surface area contributed by atoms with Crippen LogP contribution in [-0.4, -0.2) is 25.9 Å². The van der Waals surface area contributed by atoms with Gasteiger partial charge < -0.3 is 19.9 Å². The van der Waals surface area contributed by atoms with E-state index in [4.69, 9.17) is 15.2 Å². The summed E-state index contributed by atoms with van der Waals surface area (Å²) < 4.78 is 52.0. The first kappa shape index (κ1) is 15.4. The molecule has 0 aromatic heterocycles. The number of anilines is 1. The Morgan fingerprint density at radius 2 is 1.89 bits per heavy atom. The molecule has 2 N–H and O–H groups in total. The first-order valence-corrected chi connectivity index (χ1v) is 5.72. The molecule has 1 rings (SSSR count). The van der Waals surface area contributed by atoms with Crippen LogP contribution >= 0.6 is 0 Å². The summed E-state index contributed by atoms with van der Waals surface area (Å²) in [5.74, 6) is -1.50. The molecule has 4 nitrogen and oxygen atoms in total. The summed E-state index contributed by atoms with van der Waals surface area (Å²) in [6, 6.07) is 1.87. The number of ether oxygens (including phenoxy) is 3. The zero-order chi connectivity index (χ0) is 14.4. The Kier molecular flexibility index (Phi) is 5.75. The largest absolute Gasteiger partial charge is 0.486 e. The van der Waals surface area contributed by atoms with Gasteiger partial charge in [0.05, 0.1) is 12.3 Å². The lowest BCUT2D eigenvalue weighted by Crippen LogP contribution is -2.19. The van der Waals surface area contributed by atoms with Gasteiger partial charge in [0.15, 0.2) is 11.6 Å². The molecule has 0 bridgehead atoms. The second kappa shape index (κ2) is 7.08. The fourth-order valence-corrected chi connectivity index (χ4v) is 1.37. The van der Waals surface area contributed by atoms with Gasteiger partial charge >= 0.3 is 6.61 Å². The maximum absolute atomic E-state index is 13.3. The fourth-order valence-electron chi connectivity index (χ4n) is 1.37. The minimum absolute atomic E-state index is 0.00228. The van der Waals surface area contributed by atoms with Crippen LogP contribution in [0.2, 0.25) is 0 Å². The molecule has 19 heavy (non-hydrogen) atoms. The fraction of sp³-hybridized carbons (Fsp3) is 0.500. The maximum Gasteiger partial charge on any atom is 0.387 e. The van der Waals surface area contributed by atoms with Crippen molar-refractivity contribution in [2.75, 3.05) is 18.9 Å². The zero-order valence-corrected chi connectivity index (χ0v) is 10.7. The lowest BCUT2D eigenvalue weighted by Gasteiger charge is -2.17. The molecule has 0 saturated heterocycles. The summed E-state index contributed by atoms with van der Waals surface area (Å²) in [5, 5.41) is 0. The molecule has 0 saturated carbocycles. The molecular weight excluding hydrogens is 263 g/mol. The number of rotatable bonds is 7. The predicted octanol–water partition coefficient (Wildman–Crippen LogP) is 2.81. The van der Waals surface area contributed by atoms with Crippen molar-refractivity contribution in [2.24, 2.45) is 0 Å². The molecule has 108 valence electrons. The Labute approximate surface area is 109 Å². The van der Waals surface area contributed by atoms with Crippen LogP contribution in [-0.2, 0) is 4.74 Å². The Bertz CT molecular complexity index is 415. The molecule has 1 aromatic carbocycles. The average Bonchev–Trinajstić information content (AvgIpc) is 2.32. The third kappa shape index (κ3) is 4.86. The normalized spacial score (nSPS) is 12.5. The lowest BCUT2D eigenvalue weighted by molar-refractivity contribution is -0.0523. The number of halogens is 3. The molecule has 0 aliphatic carbocycles. The monoisotopic (exact) mass is 279 g/mol. The van der Waals surface area contributed by atoms with Crippen molar-refractivity contribution in [2.45, 2.75) is 26.6 Å². The van der Waals surface area contributed by atoms with Crippen molar-refractivity contribution in [1.82, 2.24) is 0 Å². The van der Waals surface area contributed by atoms with Gasteiger partial charge in [-0.25, -0.2) is 4.39 Å². The van der Waals surface area contributed by atoms with E-state index in [1.165, 1.54) is 0 Å². The van der Waals surface area contributed by atoms with Gasteiger partial charge in [-0.15, -0.1) is 0 Å². The number of hydrogen-bond acceptors (Lipinski definition) is 4. The van der Waals surface area contributed by atoms with E-state index in [9.17, 15) is 13.2 Å². The molecular formula is C12H16F3NO3. The molecule has 0 amide bonds. The molecule has 1 unspecified atom stereocenters. The Morgan fingerprint density at radius 1 is 1.21 bits per heavy atom. The maximum atomic E-state index is 13.3. The van der Waals surface area contributed by atoms with Crippen molar-refractivity contribution in [3.05, 3.63) is 17.9 Å². The van der Waals surface area contributed by atoms with Crippen molar-refractivity contribution in [1.29, 1.82) is 0 Å². The van der Waals surface area contributed by atoms with Gasteiger partial charge in [-0.2, -0.15) is 8.78 Å². The zero-order valence-electron chi connectivity index (χ0n) is 10.7. The number of benzene rings is 1. The highest BCUT2D eigenvalue weighted by Gasteiger charge is 2.15. The molecule has 0 aliphatic rings. The molecule has 0 radical (unpaired) electrons. The molecule has 0 aliphatic heterocycles. The molecule has 0 heterocycles. The van der Waals surface area contributed by atoms with Gasteiger partial charge in [0.2, 0.25) is 0 Å². The topological polar surface area (TPSA) is 53.7 Å². The minimum Gasteiger partial charge on any atom is -0.486 e. The average molecular weight is 279 g/mol. The van der Waals surface area contributed by atoms with Gasteiger partial charge in [0.1, 0.15) is 11.9 Å². The quantitative estimate of drug-likeness (QED) is 0.780. The standard InChI is InChI=1S/C12H16F3NO3/c1-3-17-6-7(2)18-11-5-10(19-12(14)15)8(13)4-9(11)16/h4-5,7,12H,3,6,16H2,1-2H3. The van der Waals surface area contributed by atoms with Crippen LogP contribution in [0.5, 0.6) is 11.5 Å². The van der Waals surface area contributed by atoms with Crippen LogP contribution in [0.25, 0.3) is 0 Å². The van der Waals surface area contributed by atoms with Gasteiger partial charge in [-0.3, -0.25) is 0 Å². The van der Waals surface area contributed by atoms with Crippen molar-refractivity contribution < 1.29 is 27.4 Å². The molecule has 1 atom stereocenters. The first-order chi connectivity index (χ1) is 8.93. The van der Waals surface area contributed by atoms with E-state index in [-0.39, 0.29) is 17.5 Å². The van der Waals surface area contributed by atoms with Crippen LogP contribution < -0.4 is 15.2 Å². The second-order valence-corrected chi connectivity index (χ2v) is 3.79. The summed E-state index contributed by atoms with van der Waals surface area (Å²) in [7, 11) is 0. The van der Waals surface area contributed by atoms with E-state index in [1.807, 2.05) is 6.92 Å². The highest BCUT2D eigenvalue weighted by atomic mass is 19.3. The molecule has 0 fully saturated rings. The lowest BCUT2D eigenvalue weighted by atomic mass is 10.2. The van der Waals surface area contributed by atoms with E-state index in [0.717, 1.165) is 12.1 Å². The van der Waals surface area contributed by atoms with Gasteiger partial charge in [-0.1, -0.05) is 0 Å². The Hall–Kier alpha value is -1.63. The van der Waals surface area contributed by atoms with E-state index in [0.29, 0.717) is 13.2 Å². The van der Waals surface area contributed by atoms with E-state index in [1.54, 1.807) is 6.92 Å². The first-order valence-electron chi connectivity index (χ1n) is 5.72. The number of nitrogens with two attached hydrogens (primary N) is 1. The Morgan fingerprint density at radius 3 is 2.47 bits per heavy atom. The summed E-state index contributed by atoms with van der Waals surface area (Å²) in [5.41, 5.74) is 5.55. The SMILES string of the molecule is CCOCC(C)Oc1cc(OC(F)F)c(F)cc1N. The molecule has 1 aromatic rings. The number of nitrogen functional groups attached to an aromatic ring is 1. The van der Waals surface area contributed by atoms with E-state index < -0.39 is 18.2 Å². The Balaban J connectivity index is 2.82. The van der Waals surface area contributed by atoms with Gasteiger partial charge in [0.25, 0.3) is 0 Å². The van der Waals surface area contributed by atoms with Gasteiger partial charge in [0, 0.05) is 18.7 Å². The third-order valence-corrected chi connectivity index (χ3v) is 2.17. The highest BCUT2D eigenvalue weighted by molar-refractivity contribution is 5.56. The van der Waals surface area contributed by atoms with E-state index >= 15 is 0 Å². The number of hydrogen-bond donors (Lipinski definition) is 1. The van der Waals surface area contributed by atoms with Crippen LogP contribution in [0.4, 0.5) is 18.9 Å². The van der Waals surface area contributed by atoms with Crippen LogP contribution in [0.15, 0.2) is 12.1 Å². The number of alkyl halides is 2. The van der Waals surface area contributed by atoms with Crippen LogP contribution in [0, 0.1) is 5.82 Å². The second-order valence-electron chi connectivity index (χ2n) is 3.79. The summed E-state index contributed by atoms with van der Waals surface area (Å²) in [6.45, 7) is 1.25. The highest BCUT2D eigenvalue weighted by Crippen LogP contribution is 2.31. The van der Waals surface area contributed by atoms with Crippen LogP contribution in [0.3, 0.4) is 0 Å². The van der Waals surface area contributed by atoms with E-state index in [2.05, 4.69) is 4.74 Å². The molecule has 0 spiro atoms. The van der Waals surface area contributed by atoms with Crippen LogP contribution in [0.1, 0.15) is 13.8 Å². The van der Waals surface area contributed by atoms with Crippen molar-refractivity contribution in [3.63, 3.8) is 0 Å². The molecule has 7 heteroatoms. The third-order valence-electron chi connectivity index (χ3n) is 2.17. The predicted molar refractivity (Wildman–Crippen MR) is 64.0 cm³/mol. The van der Waals surface area contributed by atoms with Gasteiger partial charge in [-0.05, 0) is 13.8 Å². The smallest absolute Gasteiger partial charge is 0.387 e. The van der Waals surface area contributed by atoms with Crippen molar-refractivity contribution in [3.8, 4) is 11.5 Å². The van der Waals surface area contributed by atoms with Crippen molar-refractivity contribution >= 4 is 5.69 Å². The minimum atomic E-state index is -3.12. The summed E-state index contributed by atoms with van der Waals surface area (Å²) in [4.78, 5) is 0. The summed E-state index contributed by atoms with van der Waals surface area (Å²) in [6.07, 6.45) is -0.355. The summed E-state index contributed by atoms with van der Waals surface area (Å²) >= 11 is 0.